The predicted molar refractivity (Wildman–Crippen MR) is 95.5 cm³/mol. The molecule has 6 heteroatoms. The van der Waals surface area contributed by atoms with E-state index < -0.39 is 0 Å². The van der Waals surface area contributed by atoms with Crippen molar-refractivity contribution in [1.29, 1.82) is 0 Å². The Morgan fingerprint density at radius 3 is 2.80 bits per heavy atom. The second-order valence-electron chi connectivity index (χ2n) is 5.77. The van der Waals surface area contributed by atoms with Gasteiger partial charge in [-0.1, -0.05) is 18.2 Å². The van der Waals surface area contributed by atoms with Crippen LogP contribution in [0.25, 0.3) is 0 Å². The van der Waals surface area contributed by atoms with E-state index in [1.165, 1.54) is 6.07 Å². The van der Waals surface area contributed by atoms with E-state index in [0.29, 0.717) is 6.54 Å². The van der Waals surface area contributed by atoms with Gasteiger partial charge in [0.1, 0.15) is 5.82 Å². The second-order valence-corrected chi connectivity index (χ2v) is 5.77. The molecule has 0 unspecified atom stereocenters. The highest BCUT2D eigenvalue weighted by Gasteiger charge is 2.13. The summed E-state index contributed by atoms with van der Waals surface area (Å²) in [6, 6.07) is 12.6. The highest BCUT2D eigenvalue weighted by Crippen LogP contribution is 2.32. The van der Waals surface area contributed by atoms with Crippen molar-refractivity contribution >= 4 is 5.96 Å². The van der Waals surface area contributed by atoms with Crippen LogP contribution >= 0.6 is 0 Å². The molecule has 1 aliphatic rings. The van der Waals surface area contributed by atoms with Crippen LogP contribution in [-0.4, -0.2) is 26.3 Å². The third-order valence-electron chi connectivity index (χ3n) is 3.94. The first kappa shape index (κ1) is 17.1. The van der Waals surface area contributed by atoms with E-state index in [2.05, 4.69) is 15.6 Å². The van der Waals surface area contributed by atoms with Gasteiger partial charge in [0.2, 0.25) is 6.79 Å². The molecule has 2 N–H and O–H groups in total. The number of halogens is 1. The molecule has 2 aromatic carbocycles. The summed E-state index contributed by atoms with van der Waals surface area (Å²) in [6.45, 7) is 1.68. The summed E-state index contributed by atoms with van der Waals surface area (Å²) < 4.78 is 23.8. The number of fused-ring (bicyclic) bond motifs is 1. The van der Waals surface area contributed by atoms with E-state index in [1.54, 1.807) is 19.2 Å². The number of ether oxygens (including phenoxy) is 2. The molecule has 2 aromatic rings. The van der Waals surface area contributed by atoms with Crippen molar-refractivity contribution in [2.75, 3.05) is 20.4 Å². The van der Waals surface area contributed by atoms with Crippen molar-refractivity contribution in [3.05, 3.63) is 59.4 Å². The van der Waals surface area contributed by atoms with E-state index in [1.807, 2.05) is 24.3 Å². The van der Waals surface area contributed by atoms with Crippen LogP contribution in [0.15, 0.2) is 47.5 Å². The average molecular weight is 343 g/mol. The molecule has 0 radical (unpaired) electrons. The van der Waals surface area contributed by atoms with Crippen molar-refractivity contribution in [1.82, 2.24) is 10.6 Å². The first-order valence-electron chi connectivity index (χ1n) is 8.32. The Hall–Kier alpha value is -2.76. The van der Waals surface area contributed by atoms with Gasteiger partial charge in [-0.2, -0.15) is 0 Å². The van der Waals surface area contributed by atoms with Crippen LogP contribution < -0.4 is 20.1 Å². The Balaban J connectivity index is 1.41. The van der Waals surface area contributed by atoms with Gasteiger partial charge >= 0.3 is 0 Å². The molecule has 0 amide bonds. The summed E-state index contributed by atoms with van der Waals surface area (Å²) in [5, 5.41) is 6.53. The predicted octanol–water partition coefficient (Wildman–Crippen LogP) is 2.85. The third-order valence-corrected chi connectivity index (χ3v) is 3.94. The Bertz CT molecular complexity index is 749. The molecule has 0 fully saturated rings. The summed E-state index contributed by atoms with van der Waals surface area (Å²) in [4.78, 5) is 4.21. The number of aliphatic imine (C=N–C) groups is 1. The topological polar surface area (TPSA) is 54.9 Å². The molecular formula is C19H22FN3O2. The highest BCUT2D eigenvalue weighted by molar-refractivity contribution is 5.79. The minimum Gasteiger partial charge on any atom is -0.454 e. The van der Waals surface area contributed by atoms with Crippen molar-refractivity contribution in [2.24, 2.45) is 4.99 Å². The van der Waals surface area contributed by atoms with E-state index in [9.17, 15) is 4.39 Å². The Kier molecular flexibility index (Phi) is 5.72. The fourth-order valence-electron chi connectivity index (χ4n) is 2.65. The zero-order valence-electron chi connectivity index (χ0n) is 14.2. The zero-order chi connectivity index (χ0) is 17.5. The normalized spacial score (nSPS) is 13.0. The zero-order valence-corrected chi connectivity index (χ0v) is 14.2. The molecule has 3 rings (SSSR count). The molecule has 1 heterocycles. The number of hydrogen-bond donors (Lipinski definition) is 2. The number of benzene rings is 2. The Morgan fingerprint density at radius 1 is 1.08 bits per heavy atom. The fraction of sp³-hybridized carbons (Fsp3) is 0.316. The lowest BCUT2D eigenvalue weighted by Crippen LogP contribution is -2.37. The van der Waals surface area contributed by atoms with Crippen LogP contribution in [-0.2, 0) is 13.0 Å². The van der Waals surface area contributed by atoms with Gasteiger partial charge in [0.15, 0.2) is 17.5 Å². The Morgan fingerprint density at radius 2 is 1.96 bits per heavy atom. The van der Waals surface area contributed by atoms with Gasteiger partial charge in [0.05, 0.1) is 0 Å². The van der Waals surface area contributed by atoms with Gasteiger partial charge in [-0.3, -0.25) is 4.99 Å². The van der Waals surface area contributed by atoms with Crippen LogP contribution in [0, 0.1) is 5.82 Å². The van der Waals surface area contributed by atoms with E-state index >= 15 is 0 Å². The van der Waals surface area contributed by atoms with Crippen LogP contribution in [0.4, 0.5) is 4.39 Å². The number of guanidine groups is 1. The fourth-order valence-corrected chi connectivity index (χ4v) is 2.65. The largest absolute Gasteiger partial charge is 0.454 e. The van der Waals surface area contributed by atoms with Gasteiger partial charge in [-0.15, -0.1) is 0 Å². The number of hydrogen-bond acceptors (Lipinski definition) is 3. The molecular weight excluding hydrogens is 321 g/mol. The lowest BCUT2D eigenvalue weighted by Gasteiger charge is -2.12. The molecule has 0 bridgehead atoms. The monoisotopic (exact) mass is 343 g/mol. The third kappa shape index (κ3) is 4.86. The maximum absolute atomic E-state index is 13.1. The van der Waals surface area contributed by atoms with Gasteiger partial charge in [0, 0.05) is 20.1 Å². The molecule has 0 saturated heterocycles. The summed E-state index contributed by atoms with van der Waals surface area (Å²) in [5.41, 5.74) is 2.09. The maximum Gasteiger partial charge on any atom is 0.231 e. The maximum atomic E-state index is 13.1. The molecule has 0 saturated carbocycles. The average Bonchev–Trinajstić information content (AvgIpc) is 3.09. The SMILES string of the molecule is CN=C(NCCCc1cccc(F)c1)NCc1ccc2c(c1)OCO2. The van der Waals surface area contributed by atoms with Crippen molar-refractivity contribution in [2.45, 2.75) is 19.4 Å². The van der Waals surface area contributed by atoms with Crippen molar-refractivity contribution < 1.29 is 13.9 Å². The minimum absolute atomic E-state index is 0.188. The molecule has 0 aromatic heterocycles. The number of aryl methyl sites for hydroxylation is 1. The van der Waals surface area contributed by atoms with Gasteiger partial charge in [-0.25, -0.2) is 4.39 Å². The van der Waals surface area contributed by atoms with Gasteiger partial charge in [0.25, 0.3) is 0 Å². The second kappa shape index (κ2) is 8.37. The van der Waals surface area contributed by atoms with Crippen LogP contribution in [0.5, 0.6) is 11.5 Å². The summed E-state index contributed by atoms with van der Waals surface area (Å²) in [7, 11) is 1.74. The quantitative estimate of drug-likeness (QED) is 0.481. The smallest absolute Gasteiger partial charge is 0.231 e. The summed E-state index contributed by atoms with van der Waals surface area (Å²) >= 11 is 0. The first-order chi connectivity index (χ1) is 12.2. The lowest BCUT2D eigenvalue weighted by atomic mass is 10.1. The number of nitrogens with zero attached hydrogens (tertiary/aromatic N) is 1. The molecule has 0 atom stereocenters. The van der Waals surface area contributed by atoms with E-state index in [4.69, 9.17) is 9.47 Å². The molecule has 0 spiro atoms. The number of nitrogens with one attached hydrogen (secondary N) is 2. The summed E-state index contributed by atoms with van der Waals surface area (Å²) in [6.07, 6.45) is 1.72. The van der Waals surface area contributed by atoms with E-state index in [-0.39, 0.29) is 12.6 Å². The van der Waals surface area contributed by atoms with Crippen LogP contribution in [0.1, 0.15) is 17.5 Å². The first-order valence-corrected chi connectivity index (χ1v) is 8.32. The number of rotatable bonds is 6. The summed E-state index contributed by atoms with van der Waals surface area (Å²) in [5.74, 6) is 2.10. The molecule has 0 aliphatic carbocycles. The molecule has 1 aliphatic heterocycles. The van der Waals surface area contributed by atoms with Crippen molar-refractivity contribution in [3.63, 3.8) is 0 Å². The van der Waals surface area contributed by atoms with Crippen molar-refractivity contribution in [3.8, 4) is 11.5 Å². The highest BCUT2D eigenvalue weighted by atomic mass is 19.1. The Labute approximate surface area is 146 Å². The molecule has 132 valence electrons. The lowest BCUT2D eigenvalue weighted by molar-refractivity contribution is 0.174. The van der Waals surface area contributed by atoms with Crippen LogP contribution in [0.2, 0.25) is 0 Å². The minimum atomic E-state index is -0.188. The molecule has 5 nitrogen and oxygen atoms in total. The van der Waals surface area contributed by atoms with E-state index in [0.717, 1.165) is 48.0 Å². The van der Waals surface area contributed by atoms with Gasteiger partial charge in [-0.05, 0) is 48.2 Å². The molecule has 25 heavy (non-hydrogen) atoms. The standard InChI is InChI=1S/C19H22FN3O2/c1-21-19(22-9-3-5-14-4-2-6-16(20)10-14)23-12-15-7-8-17-18(11-15)25-13-24-17/h2,4,6-8,10-11H,3,5,9,12-13H2,1H3,(H2,21,22,23). The van der Waals surface area contributed by atoms with Crippen LogP contribution in [0.3, 0.4) is 0 Å². The van der Waals surface area contributed by atoms with Gasteiger partial charge < -0.3 is 20.1 Å².